The van der Waals surface area contributed by atoms with Gasteiger partial charge in [0.05, 0.1) is 12.2 Å². The number of rotatable bonds is 3. The summed E-state index contributed by atoms with van der Waals surface area (Å²) in [5.74, 6) is 0.289. The number of hydrogen-bond acceptors (Lipinski definition) is 4. The van der Waals surface area contributed by atoms with Crippen molar-refractivity contribution in [1.29, 1.82) is 0 Å². The zero-order valence-electron chi connectivity index (χ0n) is 16.5. The fraction of sp³-hybridized carbons (Fsp3) is 0.300. The van der Waals surface area contributed by atoms with Gasteiger partial charge in [-0.1, -0.05) is 12.1 Å². The van der Waals surface area contributed by atoms with Crippen LogP contribution in [0.25, 0.3) is 22.6 Å². The zero-order chi connectivity index (χ0) is 20.3. The van der Waals surface area contributed by atoms with Crippen LogP contribution in [0.3, 0.4) is 0 Å². The van der Waals surface area contributed by atoms with Crippen LogP contribution in [0.15, 0.2) is 34.0 Å². The monoisotopic (exact) mass is 379 g/mol. The Bertz CT molecular complexity index is 1400. The molecule has 28 heavy (non-hydrogen) atoms. The first-order chi connectivity index (χ1) is 13.2. The van der Waals surface area contributed by atoms with E-state index in [1.165, 1.54) is 11.5 Å². The second-order valence-corrected chi connectivity index (χ2v) is 7.21. The van der Waals surface area contributed by atoms with Gasteiger partial charge in [0.25, 0.3) is 5.56 Å². The van der Waals surface area contributed by atoms with Gasteiger partial charge < -0.3 is 0 Å². The Hall–Kier alpha value is -3.42. The first-order valence-electron chi connectivity index (χ1n) is 8.98. The van der Waals surface area contributed by atoms with Gasteiger partial charge in [0.1, 0.15) is 5.78 Å². The first-order valence-corrected chi connectivity index (χ1v) is 8.98. The van der Waals surface area contributed by atoms with Crippen molar-refractivity contribution in [2.24, 2.45) is 7.05 Å². The molecule has 0 bridgehead atoms. The average Bonchev–Trinajstić information content (AvgIpc) is 3.14. The minimum Gasteiger partial charge on any atom is -0.298 e. The minimum atomic E-state index is -0.552. The lowest BCUT2D eigenvalue weighted by Crippen LogP contribution is -2.40. The lowest BCUT2D eigenvalue weighted by Gasteiger charge is -2.11. The predicted molar refractivity (Wildman–Crippen MR) is 106 cm³/mol. The Morgan fingerprint density at radius 2 is 1.86 bits per heavy atom. The van der Waals surface area contributed by atoms with Crippen LogP contribution in [0, 0.1) is 20.8 Å². The standard InChI is InChI=1S/C20H21N5O3/c1-11-7-6-8-15(14(11)4)25-12(2)9-23-16-17(21-19(23)25)22(5)20(28)24(18(16)27)10-13(3)26/h6-9H,10H2,1-5H3. The molecule has 0 amide bonds. The van der Waals surface area contributed by atoms with Gasteiger partial charge in [-0.05, 0) is 44.9 Å². The summed E-state index contributed by atoms with van der Waals surface area (Å²) in [6, 6.07) is 6.02. The summed E-state index contributed by atoms with van der Waals surface area (Å²) in [6.07, 6.45) is 1.83. The molecule has 0 N–H and O–H groups in total. The Morgan fingerprint density at radius 3 is 2.54 bits per heavy atom. The molecule has 0 atom stereocenters. The molecule has 0 radical (unpaired) electrons. The van der Waals surface area contributed by atoms with Crippen LogP contribution < -0.4 is 11.2 Å². The van der Waals surface area contributed by atoms with Gasteiger partial charge in [-0.2, -0.15) is 4.98 Å². The van der Waals surface area contributed by atoms with Crippen molar-refractivity contribution in [1.82, 2.24) is 23.1 Å². The van der Waals surface area contributed by atoms with E-state index in [2.05, 4.69) is 4.98 Å². The number of imidazole rings is 2. The molecule has 8 nitrogen and oxygen atoms in total. The molecule has 0 aliphatic heterocycles. The van der Waals surface area contributed by atoms with E-state index >= 15 is 0 Å². The molecule has 0 saturated heterocycles. The third kappa shape index (κ3) is 2.37. The van der Waals surface area contributed by atoms with E-state index in [4.69, 9.17) is 0 Å². The number of fused-ring (bicyclic) bond motifs is 3. The maximum Gasteiger partial charge on any atom is 0.332 e. The number of Topliss-reactive ketones (excluding diaryl/α,β-unsaturated/α-hetero) is 1. The summed E-state index contributed by atoms with van der Waals surface area (Å²) in [5.41, 5.74) is 3.65. The summed E-state index contributed by atoms with van der Waals surface area (Å²) < 4.78 is 5.95. The largest absolute Gasteiger partial charge is 0.332 e. The van der Waals surface area contributed by atoms with Gasteiger partial charge in [-0.3, -0.25) is 27.7 Å². The fourth-order valence-electron chi connectivity index (χ4n) is 3.65. The van der Waals surface area contributed by atoms with Crippen LogP contribution in [0.4, 0.5) is 0 Å². The second kappa shape index (κ2) is 6.05. The van der Waals surface area contributed by atoms with E-state index in [9.17, 15) is 14.4 Å². The lowest BCUT2D eigenvalue weighted by atomic mass is 10.1. The van der Waals surface area contributed by atoms with Gasteiger partial charge in [0.2, 0.25) is 5.78 Å². The average molecular weight is 379 g/mol. The Labute approximate surface area is 160 Å². The van der Waals surface area contributed by atoms with Gasteiger partial charge in [-0.15, -0.1) is 0 Å². The molecule has 3 heterocycles. The molecule has 0 aliphatic carbocycles. The smallest absolute Gasteiger partial charge is 0.298 e. The topological polar surface area (TPSA) is 83.3 Å². The van der Waals surface area contributed by atoms with Crippen LogP contribution >= 0.6 is 0 Å². The molecule has 4 aromatic rings. The highest BCUT2D eigenvalue weighted by molar-refractivity contribution is 5.78. The maximum atomic E-state index is 13.0. The maximum absolute atomic E-state index is 13.0. The van der Waals surface area contributed by atoms with Crippen LogP contribution in [-0.2, 0) is 18.4 Å². The predicted octanol–water partition coefficient (Wildman–Crippen LogP) is 1.65. The van der Waals surface area contributed by atoms with Crippen LogP contribution in [-0.4, -0.2) is 28.9 Å². The van der Waals surface area contributed by atoms with Crippen molar-refractivity contribution < 1.29 is 4.79 Å². The summed E-state index contributed by atoms with van der Waals surface area (Å²) in [6.45, 7) is 7.12. The van der Waals surface area contributed by atoms with Crippen molar-refractivity contribution in [3.8, 4) is 5.69 Å². The fourth-order valence-corrected chi connectivity index (χ4v) is 3.65. The highest BCUT2D eigenvalue weighted by atomic mass is 16.2. The third-order valence-electron chi connectivity index (χ3n) is 5.22. The Kier molecular flexibility index (Phi) is 3.88. The molecule has 0 aliphatic rings. The molecule has 1 aromatic carbocycles. The van der Waals surface area contributed by atoms with Crippen molar-refractivity contribution in [3.05, 3.63) is 62.1 Å². The molecule has 0 saturated carbocycles. The lowest BCUT2D eigenvalue weighted by molar-refractivity contribution is -0.117. The van der Waals surface area contributed by atoms with E-state index in [0.717, 1.165) is 27.1 Å². The van der Waals surface area contributed by atoms with Crippen LogP contribution in [0.5, 0.6) is 0 Å². The molecule has 0 unspecified atom stereocenters. The molecule has 0 fully saturated rings. The van der Waals surface area contributed by atoms with Crippen LogP contribution in [0.2, 0.25) is 0 Å². The number of aromatic nitrogens is 5. The van der Waals surface area contributed by atoms with Crippen molar-refractivity contribution in [2.75, 3.05) is 0 Å². The molecular weight excluding hydrogens is 358 g/mol. The van der Waals surface area contributed by atoms with Gasteiger partial charge in [0.15, 0.2) is 11.2 Å². The van der Waals surface area contributed by atoms with E-state index < -0.39 is 11.2 Å². The summed E-state index contributed by atoms with van der Waals surface area (Å²) in [4.78, 5) is 41.8. The van der Waals surface area contributed by atoms with E-state index in [-0.39, 0.29) is 17.8 Å². The Morgan fingerprint density at radius 1 is 1.14 bits per heavy atom. The Balaban J connectivity index is 2.16. The summed E-state index contributed by atoms with van der Waals surface area (Å²) in [5, 5.41) is 0. The SMILES string of the molecule is CC(=O)Cn1c(=O)c2c(nc3n(-c4cccc(C)c4C)c(C)cn23)n(C)c1=O. The molecule has 3 aromatic heterocycles. The van der Waals surface area contributed by atoms with E-state index in [0.29, 0.717) is 11.4 Å². The quantitative estimate of drug-likeness (QED) is 0.542. The number of ketones is 1. The molecule has 0 spiro atoms. The molecule has 144 valence electrons. The van der Waals surface area contributed by atoms with Crippen molar-refractivity contribution >= 4 is 22.7 Å². The number of benzene rings is 1. The molecular formula is C20H21N5O3. The normalized spacial score (nSPS) is 11.6. The van der Waals surface area contributed by atoms with Crippen LogP contribution in [0.1, 0.15) is 23.7 Å². The summed E-state index contributed by atoms with van der Waals surface area (Å²) in [7, 11) is 1.56. The first kappa shape index (κ1) is 18.0. The van der Waals surface area contributed by atoms with E-state index in [1.807, 2.05) is 49.7 Å². The van der Waals surface area contributed by atoms with E-state index in [1.54, 1.807) is 11.4 Å². The minimum absolute atomic E-state index is 0.259. The van der Waals surface area contributed by atoms with Gasteiger partial charge >= 0.3 is 5.69 Å². The number of nitrogens with zero attached hydrogens (tertiary/aromatic N) is 5. The number of carbonyl (C=O) groups is 1. The number of aryl methyl sites for hydroxylation is 3. The van der Waals surface area contributed by atoms with Crippen molar-refractivity contribution in [2.45, 2.75) is 34.2 Å². The van der Waals surface area contributed by atoms with Gasteiger partial charge in [0, 0.05) is 18.9 Å². The highest BCUT2D eigenvalue weighted by Gasteiger charge is 2.21. The zero-order valence-corrected chi connectivity index (χ0v) is 16.5. The summed E-state index contributed by atoms with van der Waals surface area (Å²) >= 11 is 0. The molecule has 4 rings (SSSR count). The third-order valence-corrected chi connectivity index (χ3v) is 5.22. The van der Waals surface area contributed by atoms with Crippen molar-refractivity contribution in [3.63, 3.8) is 0 Å². The number of carbonyl (C=O) groups excluding carboxylic acids is 1. The van der Waals surface area contributed by atoms with Gasteiger partial charge in [-0.25, -0.2) is 4.79 Å². The highest BCUT2D eigenvalue weighted by Crippen LogP contribution is 2.24. The number of hydrogen-bond donors (Lipinski definition) is 0. The second-order valence-electron chi connectivity index (χ2n) is 7.21. The molecule has 8 heteroatoms.